The molecule has 1 N–H and O–H groups in total. The third-order valence-corrected chi connectivity index (χ3v) is 5.79. The second-order valence-corrected chi connectivity index (χ2v) is 7.70. The predicted molar refractivity (Wildman–Crippen MR) is 106 cm³/mol. The second kappa shape index (κ2) is 6.87. The molecule has 2 aromatic carbocycles. The van der Waals surface area contributed by atoms with Crippen molar-refractivity contribution >= 4 is 28.1 Å². The number of fused-ring (bicyclic) bond motifs is 1. The van der Waals surface area contributed by atoms with Crippen LogP contribution in [0.4, 0.5) is 10.8 Å². The largest absolute Gasteiger partial charge is 0.301 e. The molecular formula is C20H17N5OS. The van der Waals surface area contributed by atoms with Crippen molar-refractivity contribution in [1.29, 1.82) is 0 Å². The molecule has 0 bridgehead atoms. The summed E-state index contributed by atoms with van der Waals surface area (Å²) in [4.78, 5) is 20.3. The molecule has 27 heavy (non-hydrogen) atoms. The molecule has 0 radical (unpaired) electrons. The average Bonchev–Trinajstić information content (AvgIpc) is 3.28. The Balaban J connectivity index is 1.81. The molecule has 0 saturated carbocycles. The van der Waals surface area contributed by atoms with Gasteiger partial charge in [-0.3, -0.25) is 4.79 Å². The SMILES string of the molecule is C[C@@]1(C(=O)Nc2nccs2)Cc2ccc(N=[N+]=[N-])cc2[C@@H]1c1ccccc1. The van der Waals surface area contributed by atoms with Crippen LogP contribution in [0.15, 0.2) is 65.2 Å². The van der Waals surface area contributed by atoms with Gasteiger partial charge in [0.2, 0.25) is 5.91 Å². The average molecular weight is 375 g/mol. The Kier molecular flexibility index (Phi) is 4.39. The maximum absolute atomic E-state index is 13.3. The van der Waals surface area contributed by atoms with Gasteiger partial charge in [0.1, 0.15) is 0 Å². The van der Waals surface area contributed by atoms with Gasteiger partial charge in [-0.25, -0.2) is 4.98 Å². The molecule has 1 heterocycles. The molecule has 4 rings (SSSR count). The first-order valence-electron chi connectivity index (χ1n) is 8.55. The second-order valence-electron chi connectivity index (χ2n) is 6.80. The van der Waals surface area contributed by atoms with E-state index < -0.39 is 5.41 Å². The van der Waals surface area contributed by atoms with Gasteiger partial charge in [0.05, 0.1) is 5.41 Å². The van der Waals surface area contributed by atoms with E-state index in [4.69, 9.17) is 5.53 Å². The van der Waals surface area contributed by atoms with Crippen LogP contribution >= 0.6 is 11.3 Å². The normalized spacial score (nSPS) is 20.6. The molecule has 0 saturated heterocycles. The summed E-state index contributed by atoms with van der Waals surface area (Å²) in [7, 11) is 0. The number of carbonyl (C=O) groups excluding carboxylic acids is 1. The minimum absolute atomic E-state index is 0.0622. The van der Waals surface area contributed by atoms with E-state index in [1.165, 1.54) is 11.3 Å². The van der Waals surface area contributed by atoms with Crippen molar-refractivity contribution in [2.75, 3.05) is 5.32 Å². The van der Waals surface area contributed by atoms with Crippen molar-refractivity contribution in [3.8, 4) is 0 Å². The highest BCUT2D eigenvalue weighted by atomic mass is 32.1. The van der Waals surface area contributed by atoms with E-state index in [0.29, 0.717) is 17.2 Å². The molecule has 7 heteroatoms. The Bertz CT molecular complexity index is 1030. The van der Waals surface area contributed by atoms with Crippen LogP contribution in [0.5, 0.6) is 0 Å². The first-order valence-corrected chi connectivity index (χ1v) is 9.43. The molecule has 0 unspecified atom stereocenters. The van der Waals surface area contributed by atoms with Gasteiger partial charge in [0.25, 0.3) is 0 Å². The van der Waals surface area contributed by atoms with Crippen molar-refractivity contribution in [2.45, 2.75) is 19.3 Å². The fraction of sp³-hybridized carbons (Fsp3) is 0.200. The first-order chi connectivity index (χ1) is 13.1. The number of azide groups is 1. The van der Waals surface area contributed by atoms with Gasteiger partial charge in [0, 0.05) is 28.1 Å². The maximum atomic E-state index is 13.3. The number of thiazole rings is 1. The smallest absolute Gasteiger partial charge is 0.233 e. The number of amides is 1. The number of carbonyl (C=O) groups is 1. The third kappa shape index (κ3) is 3.07. The lowest BCUT2D eigenvalue weighted by atomic mass is 9.73. The molecule has 1 amide bonds. The summed E-state index contributed by atoms with van der Waals surface area (Å²) in [5.41, 5.74) is 11.8. The van der Waals surface area contributed by atoms with Gasteiger partial charge in [-0.2, -0.15) is 0 Å². The Morgan fingerprint density at radius 1 is 1.33 bits per heavy atom. The van der Waals surface area contributed by atoms with Crippen LogP contribution in [-0.4, -0.2) is 10.9 Å². The zero-order valence-electron chi connectivity index (χ0n) is 14.7. The van der Waals surface area contributed by atoms with Gasteiger partial charge in [0.15, 0.2) is 5.13 Å². The summed E-state index contributed by atoms with van der Waals surface area (Å²) in [5.74, 6) is -0.199. The third-order valence-electron chi connectivity index (χ3n) is 5.10. The van der Waals surface area contributed by atoms with E-state index in [1.807, 2.05) is 54.8 Å². The molecule has 3 aromatic rings. The summed E-state index contributed by atoms with van der Waals surface area (Å²) in [6, 6.07) is 15.6. The van der Waals surface area contributed by atoms with E-state index in [0.717, 1.165) is 16.7 Å². The summed E-state index contributed by atoms with van der Waals surface area (Å²) >= 11 is 1.40. The van der Waals surface area contributed by atoms with Crippen molar-refractivity contribution in [3.05, 3.63) is 87.2 Å². The molecule has 0 aliphatic heterocycles. The molecule has 1 aliphatic rings. The number of anilines is 1. The predicted octanol–water partition coefficient (Wildman–Crippen LogP) is 5.42. The number of nitrogens with one attached hydrogen (secondary N) is 1. The van der Waals surface area contributed by atoms with Gasteiger partial charge in [-0.15, -0.1) is 11.3 Å². The molecule has 1 aromatic heterocycles. The molecule has 0 spiro atoms. The first kappa shape index (κ1) is 17.3. The summed E-state index contributed by atoms with van der Waals surface area (Å²) in [6.07, 6.45) is 2.28. The topological polar surface area (TPSA) is 90.8 Å². The van der Waals surface area contributed by atoms with Crippen LogP contribution < -0.4 is 5.32 Å². The Morgan fingerprint density at radius 3 is 2.85 bits per heavy atom. The van der Waals surface area contributed by atoms with Gasteiger partial charge in [-0.05, 0) is 41.6 Å². The molecular weight excluding hydrogens is 358 g/mol. The van der Waals surface area contributed by atoms with Crippen molar-refractivity contribution < 1.29 is 4.79 Å². The van der Waals surface area contributed by atoms with Gasteiger partial charge < -0.3 is 5.32 Å². The lowest BCUT2D eigenvalue weighted by Crippen LogP contribution is -2.37. The minimum Gasteiger partial charge on any atom is -0.301 e. The van der Waals surface area contributed by atoms with E-state index in [1.54, 1.807) is 12.3 Å². The zero-order chi connectivity index (χ0) is 18.9. The summed E-state index contributed by atoms with van der Waals surface area (Å²) < 4.78 is 0. The van der Waals surface area contributed by atoms with Crippen LogP contribution in [0.2, 0.25) is 0 Å². The molecule has 1 aliphatic carbocycles. The van der Waals surface area contributed by atoms with Crippen LogP contribution in [0, 0.1) is 5.41 Å². The van der Waals surface area contributed by atoms with E-state index in [9.17, 15) is 4.79 Å². The molecule has 2 atom stereocenters. The Labute approximate surface area is 160 Å². The van der Waals surface area contributed by atoms with Crippen LogP contribution in [0.1, 0.15) is 29.5 Å². The van der Waals surface area contributed by atoms with E-state index >= 15 is 0 Å². The quantitative estimate of drug-likeness (QED) is 0.375. The molecule has 134 valence electrons. The fourth-order valence-electron chi connectivity index (χ4n) is 3.90. The lowest BCUT2D eigenvalue weighted by molar-refractivity contribution is -0.125. The highest BCUT2D eigenvalue weighted by Crippen LogP contribution is 2.52. The fourth-order valence-corrected chi connectivity index (χ4v) is 4.42. The van der Waals surface area contributed by atoms with Crippen LogP contribution in [0.25, 0.3) is 10.4 Å². The van der Waals surface area contributed by atoms with E-state index in [-0.39, 0.29) is 11.8 Å². The minimum atomic E-state index is -0.676. The Morgan fingerprint density at radius 2 is 2.15 bits per heavy atom. The highest BCUT2D eigenvalue weighted by Gasteiger charge is 2.48. The highest BCUT2D eigenvalue weighted by molar-refractivity contribution is 7.13. The maximum Gasteiger partial charge on any atom is 0.233 e. The van der Waals surface area contributed by atoms with Crippen molar-refractivity contribution in [1.82, 2.24) is 4.98 Å². The monoisotopic (exact) mass is 375 g/mol. The zero-order valence-corrected chi connectivity index (χ0v) is 15.5. The number of hydrogen-bond donors (Lipinski definition) is 1. The van der Waals surface area contributed by atoms with Crippen LogP contribution in [-0.2, 0) is 11.2 Å². The number of aromatic nitrogens is 1. The van der Waals surface area contributed by atoms with Gasteiger partial charge >= 0.3 is 0 Å². The number of nitrogens with zero attached hydrogens (tertiary/aromatic N) is 4. The van der Waals surface area contributed by atoms with E-state index in [2.05, 4.69) is 20.3 Å². The molecule has 6 nitrogen and oxygen atoms in total. The van der Waals surface area contributed by atoms with Crippen molar-refractivity contribution in [2.24, 2.45) is 10.5 Å². The number of hydrogen-bond acceptors (Lipinski definition) is 4. The van der Waals surface area contributed by atoms with Crippen molar-refractivity contribution in [3.63, 3.8) is 0 Å². The lowest BCUT2D eigenvalue weighted by Gasteiger charge is -2.31. The standard InChI is InChI=1S/C20H17N5OS/c1-20(18(26)23-19-22-9-10-27-19)12-14-7-8-15(24-25-21)11-16(14)17(20)13-5-3-2-4-6-13/h2-11,17H,12H2,1H3,(H,22,23,26)/t17-,20+/m0/s1. The number of rotatable bonds is 4. The summed E-state index contributed by atoms with van der Waals surface area (Å²) in [5, 5.41) is 9.13. The summed E-state index contributed by atoms with van der Waals surface area (Å²) in [6.45, 7) is 1.99. The Hall–Kier alpha value is -3.15. The van der Waals surface area contributed by atoms with Gasteiger partial charge in [-0.1, -0.05) is 47.6 Å². The number of benzene rings is 2. The molecule has 0 fully saturated rings. The van der Waals surface area contributed by atoms with Crippen LogP contribution in [0.3, 0.4) is 0 Å².